The smallest absolute Gasteiger partial charge is 0.245 e. The third kappa shape index (κ3) is 1.94. The summed E-state index contributed by atoms with van der Waals surface area (Å²) in [7, 11) is 1.86. The molecule has 2 N–H and O–H groups in total. The van der Waals surface area contributed by atoms with Crippen LogP contribution in [0.3, 0.4) is 0 Å². The lowest BCUT2D eigenvalue weighted by Gasteiger charge is -2.37. The van der Waals surface area contributed by atoms with Gasteiger partial charge in [-0.15, -0.1) is 0 Å². The minimum absolute atomic E-state index is 0.374. The Morgan fingerprint density at radius 1 is 1.53 bits per heavy atom. The van der Waals surface area contributed by atoms with Crippen LogP contribution in [0.2, 0.25) is 0 Å². The predicted molar refractivity (Wildman–Crippen MR) is 57.4 cm³/mol. The Labute approximate surface area is 89.4 Å². The fourth-order valence-electron chi connectivity index (χ4n) is 2.21. The second-order valence-electron chi connectivity index (χ2n) is 4.31. The van der Waals surface area contributed by atoms with Crippen molar-refractivity contribution in [2.75, 3.05) is 18.0 Å². The van der Waals surface area contributed by atoms with Crippen LogP contribution in [-0.2, 0) is 7.05 Å². The normalized spacial score (nSPS) is 27.0. The lowest BCUT2D eigenvalue weighted by atomic mass is 9.93. The highest BCUT2D eigenvalue weighted by atomic mass is 15.6. The summed E-state index contributed by atoms with van der Waals surface area (Å²) in [5.74, 6) is 1.58. The Hall–Kier alpha value is -1.17. The quantitative estimate of drug-likeness (QED) is 0.730. The number of aryl methyl sites for hydroxylation is 1. The number of aromatic nitrogens is 4. The summed E-state index contributed by atoms with van der Waals surface area (Å²) in [5.41, 5.74) is 5.79. The van der Waals surface area contributed by atoms with Crippen LogP contribution in [-0.4, -0.2) is 39.3 Å². The molecule has 2 unspecified atom stereocenters. The standard InChI is InChI=1S/C9H18N6/c1-7-3-4-15(8(5-7)6-10)9-11-12-13-14(9)2/h7-8H,3-6,10H2,1-2H3. The van der Waals surface area contributed by atoms with Crippen molar-refractivity contribution in [3.8, 4) is 0 Å². The molecule has 0 spiro atoms. The van der Waals surface area contributed by atoms with E-state index < -0.39 is 0 Å². The minimum atomic E-state index is 0.374. The number of tetrazole rings is 1. The van der Waals surface area contributed by atoms with Crippen molar-refractivity contribution in [1.29, 1.82) is 0 Å². The molecule has 84 valence electrons. The van der Waals surface area contributed by atoms with Crippen molar-refractivity contribution in [2.24, 2.45) is 18.7 Å². The number of hydrogen-bond donors (Lipinski definition) is 1. The van der Waals surface area contributed by atoms with Gasteiger partial charge in [-0.25, -0.2) is 4.68 Å². The molecular weight excluding hydrogens is 192 g/mol. The minimum Gasteiger partial charge on any atom is -0.335 e. The van der Waals surface area contributed by atoms with Gasteiger partial charge in [0.2, 0.25) is 5.95 Å². The Kier molecular flexibility index (Phi) is 2.86. The molecule has 15 heavy (non-hydrogen) atoms. The maximum Gasteiger partial charge on any atom is 0.245 e. The van der Waals surface area contributed by atoms with E-state index >= 15 is 0 Å². The number of piperidine rings is 1. The van der Waals surface area contributed by atoms with Gasteiger partial charge in [-0.2, -0.15) is 0 Å². The molecule has 2 heterocycles. The molecule has 6 heteroatoms. The Morgan fingerprint density at radius 2 is 2.33 bits per heavy atom. The molecule has 1 aliphatic heterocycles. The van der Waals surface area contributed by atoms with Crippen molar-refractivity contribution >= 4 is 5.95 Å². The second-order valence-corrected chi connectivity index (χ2v) is 4.31. The third-order valence-corrected chi connectivity index (χ3v) is 3.10. The molecule has 0 radical (unpaired) electrons. The van der Waals surface area contributed by atoms with Crippen LogP contribution in [0.15, 0.2) is 0 Å². The number of nitrogens with two attached hydrogens (primary N) is 1. The molecule has 0 saturated carbocycles. The van der Waals surface area contributed by atoms with E-state index in [2.05, 4.69) is 27.3 Å². The molecule has 6 nitrogen and oxygen atoms in total. The SMILES string of the molecule is CC1CCN(c2nnnn2C)C(CN)C1. The summed E-state index contributed by atoms with van der Waals surface area (Å²) in [6, 6.07) is 0.374. The predicted octanol–water partition coefficient (Wildman–Crippen LogP) is -0.226. The van der Waals surface area contributed by atoms with Gasteiger partial charge in [-0.1, -0.05) is 12.0 Å². The molecule has 1 fully saturated rings. The van der Waals surface area contributed by atoms with Crippen molar-refractivity contribution in [3.05, 3.63) is 0 Å². The highest BCUT2D eigenvalue weighted by molar-refractivity contribution is 5.31. The molecule has 1 aliphatic rings. The van der Waals surface area contributed by atoms with E-state index in [0.717, 1.165) is 24.8 Å². The lowest BCUT2D eigenvalue weighted by Crippen LogP contribution is -2.47. The van der Waals surface area contributed by atoms with Gasteiger partial charge in [0.15, 0.2) is 0 Å². The van der Waals surface area contributed by atoms with Crippen molar-refractivity contribution in [1.82, 2.24) is 20.2 Å². The number of anilines is 1. The van der Waals surface area contributed by atoms with Crippen molar-refractivity contribution in [2.45, 2.75) is 25.8 Å². The Bertz CT molecular complexity index is 322. The Morgan fingerprint density at radius 3 is 2.93 bits per heavy atom. The van der Waals surface area contributed by atoms with Gasteiger partial charge in [0, 0.05) is 26.2 Å². The summed E-state index contributed by atoms with van der Waals surface area (Å²) in [4.78, 5) is 2.22. The van der Waals surface area contributed by atoms with Gasteiger partial charge in [0.05, 0.1) is 0 Å². The summed E-state index contributed by atoms with van der Waals surface area (Å²) in [6.07, 6.45) is 2.31. The number of hydrogen-bond acceptors (Lipinski definition) is 5. The summed E-state index contributed by atoms with van der Waals surface area (Å²) < 4.78 is 1.71. The molecule has 0 bridgehead atoms. The highest BCUT2D eigenvalue weighted by Crippen LogP contribution is 2.25. The molecule has 1 saturated heterocycles. The second kappa shape index (κ2) is 4.14. The first-order chi connectivity index (χ1) is 7.22. The maximum atomic E-state index is 5.79. The van der Waals surface area contributed by atoms with Gasteiger partial charge in [0.1, 0.15) is 0 Å². The van der Waals surface area contributed by atoms with Crippen LogP contribution in [0.5, 0.6) is 0 Å². The molecule has 1 aromatic heterocycles. The zero-order valence-electron chi connectivity index (χ0n) is 9.30. The summed E-state index contributed by atoms with van der Waals surface area (Å²) in [6.45, 7) is 3.93. The van der Waals surface area contributed by atoms with Crippen LogP contribution in [0.25, 0.3) is 0 Å². The summed E-state index contributed by atoms with van der Waals surface area (Å²) >= 11 is 0. The van der Waals surface area contributed by atoms with E-state index in [1.165, 1.54) is 6.42 Å². The van der Waals surface area contributed by atoms with Gasteiger partial charge < -0.3 is 10.6 Å². The van der Waals surface area contributed by atoms with Crippen LogP contribution >= 0.6 is 0 Å². The zero-order chi connectivity index (χ0) is 10.8. The van der Waals surface area contributed by atoms with Crippen LogP contribution < -0.4 is 10.6 Å². The van der Waals surface area contributed by atoms with Gasteiger partial charge in [0.25, 0.3) is 0 Å². The zero-order valence-corrected chi connectivity index (χ0v) is 9.30. The number of nitrogens with zero attached hydrogens (tertiary/aromatic N) is 5. The van der Waals surface area contributed by atoms with E-state index in [9.17, 15) is 0 Å². The van der Waals surface area contributed by atoms with E-state index in [1.54, 1.807) is 4.68 Å². The van der Waals surface area contributed by atoms with Gasteiger partial charge in [-0.05, 0) is 29.2 Å². The van der Waals surface area contributed by atoms with Crippen molar-refractivity contribution < 1.29 is 0 Å². The average Bonchev–Trinajstić information content (AvgIpc) is 2.64. The van der Waals surface area contributed by atoms with Crippen LogP contribution in [0, 0.1) is 5.92 Å². The molecule has 0 amide bonds. The van der Waals surface area contributed by atoms with Crippen LogP contribution in [0.1, 0.15) is 19.8 Å². The van der Waals surface area contributed by atoms with E-state index in [-0.39, 0.29) is 0 Å². The number of rotatable bonds is 2. The fraction of sp³-hybridized carbons (Fsp3) is 0.889. The monoisotopic (exact) mass is 210 g/mol. The van der Waals surface area contributed by atoms with Crippen molar-refractivity contribution in [3.63, 3.8) is 0 Å². The van der Waals surface area contributed by atoms with Crippen LogP contribution in [0.4, 0.5) is 5.95 Å². The van der Waals surface area contributed by atoms with Gasteiger partial charge >= 0.3 is 0 Å². The molecule has 2 rings (SSSR count). The molecular formula is C9H18N6. The first-order valence-corrected chi connectivity index (χ1v) is 5.41. The molecule has 1 aromatic rings. The molecule has 0 aromatic carbocycles. The van der Waals surface area contributed by atoms with E-state index in [1.807, 2.05) is 7.05 Å². The average molecular weight is 210 g/mol. The fourth-order valence-corrected chi connectivity index (χ4v) is 2.21. The highest BCUT2D eigenvalue weighted by Gasteiger charge is 2.28. The first kappa shape index (κ1) is 10.4. The molecule has 2 atom stereocenters. The maximum absolute atomic E-state index is 5.79. The Balaban J connectivity index is 2.17. The summed E-state index contributed by atoms with van der Waals surface area (Å²) in [5, 5.41) is 11.6. The molecule has 0 aliphatic carbocycles. The van der Waals surface area contributed by atoms with Gasteiger partial charge in [-0.3, -0.25) is 0 Å². The largest absolute Gasteiger partial charge is 0.335 e. The topological polar surface area (TPSA) is 72.9 Å². The third-order valence-electron chi connectivity index (χ3n) is 3.10. The first-order valence-electron chi connectivity index (χ1n) is 5.41. The van der Waals surface area contributed by atoms with E-state index in [0.29, 0.717) is 12.6 Å². The van der Waals surface area contributed by atoms with E-state index in [4.69, 9.17) is 5.73 Å². The lowest BCUT2D eigenvalue weighted by molar-refractivity contribution is 0.360.